The van der Waals surface area contributed by atoms with Crippen LogP contribution >= 0.6 is 0 Å². The van der Waals surface area contributed by atoms with Crippen molar-refractivity contribution in [3.8, 4) is 0 Å². The number of hydrogen-bond acceptors (Lipinski definition) is 4. The summed E-state index contributed by atoms with van der Waals surface area (Å²) < 4.78 is 5.90. The van der Waals surface area contributed by atoms with Crippen molar-refractivity contribution < 1.29 is 4.74 Å². The van der Waals surface area contributed by atoms with E-state index in [0.29, 0.717) is 12.1 Å². The molecule has 2 saturated heterocycles. The molecule has 6 heteroatoms. The van der Waals surface area contributed by atoms with Crippen LogP contribution in [0, 0.1) is 0 Å². The van der Waals surface area contributed by atoms with E-state index in [4.69, 9.17) is 9.73 Å². The Morgan fingerprint density at radius 2 is 1.74 bits per heavy atom. The highest BCUT2D eigenvalue weighted by Crippen LogP contribution is 2.21. The fraction of sp³-hybridized carbons (Fsp3) is 0.952. The summed E-state index contributed by atoms with van der Waals surface area (Å²) in [6.07, 6.45) is 2.94. The molecule has 0 amide bonds. The first kappa shape index (κ1) is 22.4. The predicted octanol–water partition coefficient (Wildman–Crippen LogP) is 2.30. The zero-order chi connectivity index (χ0) is 20.0. The van der Waals surface area contributed by atoms with Crippen LogP contribution in [0.25, 0.3) is 0 Å². The second-order valence-electron chi connectivity index (χ2n) is 9.22. The average Bonchev–Trinajstić information content (AvgIpc) is 2.59. The summed E-state index contributed by atoms with van der Waals surface area (Å²) in [5, 5.41) is 7.12. The van der Waals surface area contributed by atoms with Gasteiger partial charge in [-0.25, -0.2) is 0 Å². The van der Waals surface area contributed by atoms with Crippen molar-refractivity contribution in [1.82, 2.24) is 20.4 Å². The normalized spacial score (nSPS) is 27.2. The lowest BCUT2D eigenvalue weighted by molar-refractivity contribution is -0.0939. The molecule has 2 N–H and O–H groups in total. The van der Waals surface area contributed by atoms with E-state index >= 15 is 0 Å². The molecule has 0 spiro atoms. The van der Waals surface area contributed by atoms with Crippen molar-refractivity contribution >= 4 is 5.96 Å². The standard InChI is InChI=1S/C21H43N5O/c1-8-22-20(24-19-9-11-25(12-10-19)16(2)3)23-15-21(6,7)26-13-17(4)27-18(5)14-26/h16-19H,8-15H2,1-7H3,(H2,22,23,24). The maximum Gasteiger partial charge on any atom is 0.191 e. The van der Waals surface area contributed by atoms with Gasteiger partial charge in [-0.15, -0.1) is 0 Å². The molecule has 0 bridgehead atoms. The van der Waals surface area contributed by atoms with E-state index in [1.54, 1.807) is 0 Å². The van der Waals surface area contributed by atoms with Gasteiger partial charge in [0.15, 0.2) is 5.96 Å². The minimum absolute atomic E-state index is 0.0235. The molecule has 2 rings (SSSR count). The van der Waals surface area contributed by atoms with Gasteiger partial charge in [-0.3, -0.25) is 9.89 Å². The van der Waals surface area contributed by atoms with Gasteiger partial charge >= 0.3 is 0 Å². The molecule has 27 heavy (non-hydrogen) atoms. The van der Waals surface area contributed by atoms with Crippen LogP contribution < -0.4 is 10.6 Å². The number of rotatable bonds is 6. The molecule has 0 aromatic heterocycles. The number of ether oxygens (including phenoxy) is 1. The zero-order valence-corrected chi connectivity index (χ0v) is 18.7. The van der Waals surface area contributed by atoms with Crippen LogP contribution in [0.1, 0.15) is 61.3 Å². The maximum atomic E-state index is 5.90. The van der Waals surface area contributed by atoms with Gasteiger partial charge in [-0.2, -0.15) is 0 Å². The van der Waals surface area contributed by atoms with E-state index in [0.717, 1.165) is 32.1 Å². The van der Waals surface area contributed by atoms with Crippen LogP contribution in [0.15, 0.2) is 4.99 Å². The van der Waals surface area contributed by atoms with Gasteiger partial charge in [0.05, 0.1) is 18.8 Å². The van der Waals surface area contributed by atoms with E-state index in [2.05, 4.69) is 68.9 Å². The third-order valence-corrected chi connectivity index (χ3v) is 5.84. The lowest BCUT2D eigenvalue weighted by Crippen LogP contribution is -2.56. The molecule has 2 fully saturated rings. The van der Waals surface area contributed by atoms with E-state index in [9.17, 15) is 0 Å². The van der Waals surface area contributed by atoms with Crippen LogP contribution in [0.3, 0.4) is 0 Å². The quantitative estimate of drug-likeness (QED) is 0.546. The lowest BCUT2D eigenvalue weighted by atomic mass is 10.0. The third kappa shape index (κ3) is 6.91. The number of aliphatic imine (C=N–C) groups is 1. The Bertz CT molecular complexity index is 461. The van der Waals surface area contributed by atoms with E-state index in [-0.39, 0.29) is 17.7 Å². The number of piperidine rings is 1. The Balaban J connectivity index is 1.92. The second-order valence-corrected chi connectivity index (χ2v) is 9.22. The minimum Gasteiger partial charge on any atom is -0.373 e. The molecular weight excluding hydrogens is 338 g/mol. The van der Waals surface area contributed by atoms with Gasteiger partial charge in [0, 0.05) is 50.3 Å². The van der Waals surface area contributed by atoms with Crippen molar-refractivity contribution in [2.24, 2.45) is 4.99 Å². The summed E-state index contributed by atoms with van der Waals surface area (Å²) in [5.41, 5.74) is 0.0235. The number of guanidine groups is 1. The molecule has 0 aromatic rings. The minimum atomic E-state index is 0.0235. The van der Waals surface area contributed by atoms with Crippen LogP contribution in [0.4, 0.5) is 0 Å². The molecule has 2 aliphatic heterocycles. The number of hydrogen-bond donors (Lipinski definition) is 2. The van der Waals surface area contributed by atoms with Gasteiger partial charge in [-0.05, 0) is 61.3 Å². The summed E-state index contributed by atoms with van der Waals surface area (Å²) in [5.74, 6) is 0.961. The van der Waals surface area contributed by atoms with E-state index in [1.807, 2.05) is 0 Å². The number of nitrogens with zero attached hydrogens (tertiary/aromatic N) is 3. The fourth-order valence-corrected chi connectivity index (χ4v) is 4.12. The van der Waals surface area contributed by atoms with Gasteiger partial charge < -0.3 is 20.3 Å². The van der Waals surface area contributed by atoms with Crippen LogP contribution in [0.5, 0.6) is 0 Å². The molecular formula is C21H43N5O. The van der Waals surface area contributed by atoms with Gasteiger partial charge in [0.25, 0.3) is 0 Å². The SMILES string of the molecule is CCNC(=NCC(C)(C)N1CC(C)OC(C)C1)NC1CCN(C(C)C)CC1. The van der Waals surface area contributed by atoms with Crippen LogP contribution in [-0.4, -0.2) is 84.9 Å². The molecule has 0 aliphatic carbocycles. The zero-order valence-electron chi connectivity index (χ0n) is 18.7. The average molecular weight is 382 g/mol. The highest BCUT2D eigenvalue weighted by molar-refractivity contribution is 5.80. The summed E-state index contributed by atoms with van der Waals surface area (Å²) in [6, 6.07) is 1.16. The topological polar surface area (TPSA) is 52.1 Å². The molecule has 0 aromatic carbocycles. The molecule has 6 nitrogen and oxygen atoms in total. The molecule has 2 unspecified atom stereocenters. The van der Waals surface area contributed by atoms with Gasteiger partial charge in [0.1, 0.15) is 0 Å². The van der Waals surface area contributed by atoms with Crippen molar-refractivity contribution in [3.63, 3.8) is 0 Å². The van der Waals surface area contributed by atoms with Crippen LogP contribution in [-0.2, 0) is 4.74 Å². The highest BCUT2D eigenvalue weighted by Gasteiger charge is 2.33. The van der Waals surface area contributed by atoms with Crippen molar-refractivity contribution in [2.45, 2.75) is 91.1 Å². The smallest absolute Gasteiger partial charge is 0.191 e. The Morgan fingerprint density at radius 1 is 1.15 bits per heavy atom. The largest absolute Gasteiger partial charge is 0.373 e. The monoisotopic (exact) mass is 381 g/mol. The van der Waals surface area contributed by atoms with Crippen molar-refractivity contribution in [2.75, 3.05) is 39.3 Å². The van der Waals surface area contributed by atoms with Gasteiger partial charge in [0.2, 0.25) is 0 Å². The lowest BCUT2D eigenvalue weighted by Gasteiger charge is -2.44. The molecule has 0 saturated carbocycles. The molecule has 0 radical (unpaired) electrons. The summed E-state index contributed by atoms with van der Waals surface area (Å²) >= 11 is 0. The maximum absolute atomic E-state index is 5.90. The Hall–Kier alpha value is -0.850. The first-order valence-electron chi connectivity index (χ1n) is 10.9. The fourth-order valence-electron chi connectivity index (χ4n) is 4.12. The third-order valence-electron chi connectivity index (χ3n) is 5.84. The summed E-state index contributed by atoms with van der Waals surface area (Å²) in [4.78, 5) is 10.0. The second kappa shape index (κ2) is 10.1. The molecule has 158 valence electrons. The number of morpholine rings is 1. The molecule has 2 aliphatic rings. The molecule has 2 heterocycles. The first-order valence-corrected chi connectivity index (χ1v) is 10.9. The van der Waals surface area contributed by atoms with Gasteiger partial charge in [-0.1, -0.05) is 0 Å². The summed E-state index contributed by atoms with van der Waals surface area (Å²) in [6.45, 7) is 21.6. The number of nitrogens with one attached hydrogen (secondary N) is 2. The predicted molar refractivity (Wildman–Crippen MR) is 115 cm³/mol. The highest BCUT2D eigenvalue weighted by atomic mass is 16.5. The van der Waals surface area contributed by atoms with Crippen LogP contribution in [0.2, 0.25) is 0 Å². The number of likely N-dealkylation sites (tertiary alicyclic amines) is 1. The molecule has 2 atom stereocenters. The van der Waals surface area contributed by atoms with E-state index in [1.165, 1.54) is 25.9 Å². The van der Waals surface area contributed by atoms with E-state index < -0.39 is 0 Å². The Labute approximate surface area is 167 Å². The summed E-state index contributed by atoms with van der Waals surface area (Å²) in [7, 11) is 0. The van der Waals surface area contributed by atoms with Crippen molar-refractivity contribution in [3.05, 3.63) is 0 Å². The van der Waals surface area contributed by atoms with Crippen molar-refractivity contribution in [1.29, 1.82) is 0 Å². The Morgan fingerprint density at radius 3 is 2.26 bits per heavy atom. The Kier molecular flexibility index (Phi) is 8.38. The first-order chi connectivity index (χ1) is 12.7.